The number of nitrogens with two attached hydrogens (primary N) is 1. The molecule has 1 aromatic carbocycles. The Morgan fingerprint density at radius 2 is 2.16 bits per heavy atom. The lowest BCUT2D eigenvalue weighted by atomic mass is 10.1. The lowest BCUT2D eigenvalue weighted by Gasteiger charge is -2.30. The lowest BCUT2D eigenvalue weighted by Crippen LogP contribution is -2.40. The molecular formula is C15H22N4. The minimum Gasteiger partial charge on any atom is -0.369 e. The van der Waals surface area contributed by atoms with Gasteiger partial charge in [-0.3, -0.25) is 0 Å². The molecule has 102 valence electrons. The summed E-state index contributed by atoms with van der Waals surface area (Å²) in [6.07, 6.45) is 2.12. The van der Waals surface area contributed by atoms with Crippen molar-refractivity contribution in [3.63, 3.8) is 0 Å². The van der Waals surface area contributed by atoms with Crippen LogP contribution < -0.4 is 10.6 Å². The van der Waals surface area contributed by atoms with Crippen LogP contribution in [0.15, 0.2) is 24.3 Å². The molecule has 1 unspecified atom stereocenters. The van der Waals surface area contributed by atoms with Gasteiger partial charge in [-0.1, -0.05) is 12.1 Å². The summed E-state index contributed by atoms with van der Waals surface area (Å²) in [5.74, 6) is 0. The van der Waals surface area contributed by atoms with Crippen LogP contribution in [0.3, 0.4) is 0 Å². The second kappa shape index (κ2) is 6.55. The molecule has 1 atom stereocenters. The Morgan fingerprint density at radius 1 is 1.37 bits per heavy atom. The van der Waals surface area contributed by atoms with Crippen molar-refractivity contribution in [1.29, 1.82) is 5.26 Å². The summed E-state index contributed by atoms with van der Waals surface area (Å²) in [5.41, 5.74) is 7.54. The van der Waals surface area contributed by atoms with E-state index >= 15 is 0 Å². The fourth-order valence-corrected chi connectivity index (χ4v) is 2.75. The Bertz CT molecular complexity index is 452. The molecule has 0 bridgehead atoms. The predicted octanol–water partition coefficient (Wildman–Crippen LogP) is 1.42. The first kappa shape index (κ1) is 13.9. The highest BCUT2D eigenvalue weighted by Gasteiger charge is 2.22. The quantitative estimate of drug-likeness (QED) is 0.891. The summed E-state index contributed by atoms with van der Waals surface area (Å²) in [6, 6.07) is 10.6. The van der Waals surface area contributed by atoms with Crippen molar-refractivity contribution in [1.82, 2.24) is 4.90 Å². The zero-order valence-corrected chi connectivity index (χ0v) is 11.5. The standard InChI is InChI=1S/C15H22N4/c1-18-9-4-10-19(12-14(18)7-8-16)15-6-3-2-5-13(15)11-17/h2-3,5-6,14H,4,7-10,12,16H2,1H3. The number of benzene rings is 1. The van der Waals surface area contributed by atoms with Crippen LogP contribution in [0, 0.1) is 11.3 Å². The van der Waals surface area contributed by atoms with E-state index in [9.17, 15) is 5.26 Å². The van der Waals surface area contributed by atoms with Gasteiger partial charge in [0.15, 0.2) is 0 Å². The van der Waals surface area contributed by atoms with Crippen LogP contribution in [-0.4, -0.2) is 44.2 Å². The first-order chi connectivity index (χ1) is 9.26. The van der Waals surface area contributed by atoms with Crippen LogP contribution in [-0.2, 0) is 0 Å². The average molecular weight is 258 g/mol. The second-order valence-electron chi connectivity index (χ2n) is 5.14. The van der Waals surface area contributed by atoms with Gasteiger partial charge in [-0.05, 0) is 45.1 Å². The molecule has 4 nitrogen and oxygen atoms in total. The van der Waals surface area contributed by atoms with E-state index in [-0.39, 0.29) is 0 Å². The maximum atomic E-state index is 9.23. The number of likely N-dealkylation sites (N-methyl/N-ethyl adjacent to an activating group) is 1. The molecule has 0 aliphatic carbocycles. The van der Waals surface area contributed by atoms with Gasteiger partial charge in [0, 0.05) is 19.1 Å². The van der Waals surface area contributed by atoms with Crippen LogP contribution in [0.5, 0.6) is 0 Å². The maximum absolute atomic E-state index is 9.23. The molecule has 19 heavy (non-hydrogen) atoms. The van der Waals surface area contributed by atoms with E-state index in [1.165, 1.54) is 0 Å². The van der Waals surface area contributed by atoms with Crippen molar-refractivity contribution in [2.24, 2.45) is 5.73 Å². The van der Waals surface area contributed by atoms with Gasteiger partial charge < -0.3 is 15.5 Å². The Labute approximate surface area is 115 Å². The highest BCUT2D eigenvalue weighted by atomic mass is 15.2. The van der Waals surface area contributed by atoms with Crippen molar-refractivity contribution in [2.75, 3.05) is 38.1 Å². The smallest absolute Gasteiger partial charge is 0.101 e. The third-order valence-electron chi connectivity index (χ3n) is 3.86. The zero-order chi connectivity index (χ0) is 13.7. The average Bonchev–Trinajstić information content (AvgIpc) is 2.62. The number of para-hydroxylation sites is 1. The van der Waals surface area contributed by atoms with E-state index in [1.807, 2.05) is 24.3 Å². The van der Waals surface area contributed by atoms with Crippen molar-refractivity contribution in [2.45, 2.75) is 18.9 Å². The van der Waals surface area contributed by atoms with Gasteiger partial charge in [0.25, 0.3) is 0 Å². The molecule has 1 aromatic rings. The summed E-state index contributed by atoms with van der Waals surface area (Å²) in [7, 11) is 2.17. The lowest BCUT2D eigenvalue weighted by molar-refractivity contribution is 0.251. The Hall–Kier alpha value is -1.57. The Morgan fingerprint density at radius 3 is 2.89 bits per heavy atom. The van der Waals surface area contributed by atoms with Gasteiger partial charge in [0.2, 0.25) is 0 Å². The maximum Gasteiger partial charge on any atom is 0.101 e. The van der Waals surface area contributed by atoms with Crippen molar-refractivity contribution in [3.05, 3.63) is 29.8 Å². The van der Waals surface area contributed by atoms with E-state index in [1.54, 1.807) is 0 Å². The minimum atomic E-state index is 0.472. The van der Waals surface area contributed by atoms with Gasteiger partial charge in [0.1, 0.15) is 6.07 Å². The summed E-state index contributed by atoms with van der Waals surface area (Å²) < 4.78 is 0. The van der Waals surface area contributed by atoms with E-state index in [4.69, 9.17) is 5.73 Å². The van der Waals surface area contributed by atoms with Crippen LogP contribution in [0.2, 0.25) is 0 Å². The van der Waals surface area contributed by atoms with Crippen LogP contribution in [0.4, 0.5) is 5.69 Å². The van der Waals surface area contributed by atoms with Crippen LogP contribution in [0.25, 0.3) is 0 Å². The largest absolute Gasteiger partial charge is 0.369 e. The summed E-state index contributed by atoms with van der Waals surface area (Å²) in [5, 5.41) is 9.23. The topological polar surface area (TPSA) is 56.3 Å². The molecule has 0 radical (unpaired) electrons. The van der Waals surface area contributed by atoms with Gasteiger partial charge in [0.05, 0.1) is 11.3 Å². The van der Waals surface area contributed by atoms with Gasteiger partial charge >= 0.3 is 0 Å². The number of nitriles is 1. The van der Waals surface area contributed by atoms with E-state index in [0.29, 0.717) is 12.6 Å². The minimum absolute atomic E-state index is 0.472. The predicted molar refractivity (Wildman–Crippen MR) is 78.1 cm³/mol. The van der Waals surface area contributed by atoms with E-state index in [2.05, 4.69) is 22.9 Å². The molecule has 2 rings (SSSR count). The number of hydrogen-bond acceptors (Lipinski definition) is 4. The van der Waals surface area contributed by atoms with E-state index < -0.39 is 0 Å². The SMILES string of the molecule is CN1CCCN(c2ccccc2C#N)CC1CCN. The van der Waals surface area contributed by atoms with Gasteiger partial charge in [-0.2, -0.15) is 5.26 Å². The van der Waals surface area contributed by atoms with Gasteiger partial charge in [-0.25, -0.2) is 0 Å². The second-order valence-corrected chi connectivity index (χ2v) is 5.14. The highest BCUT2D eigenvalue weighted by molar-refractivity contribution is 5.59. The molecule has 4 heteroatoms. The molecule has 0 spiro atoms. The Kier molecular flexibility index (Phi) is 4.78. The number of nitrogens with zero attached hydrogens (tertiary/aromatic N) is 3. The molecule has 1 fully saturated rings. The molecule has 0 amide bonds. The third kappa shape index (κ3) is 3.25. The number of hydrogen-bond donors (Lipinski definition) is 1. The first-order valence-electron chi connectivity index (χ1n) is 6.90. The summed E-state index contributed by atoms with van der Waals surface area (Å²) in [6.45, 7) is 3.76. The fourth-order valence-electron chi connectivity index (χ4n) is 2.75. The van der Waals surface area contributed by atoms with Crippen LogP contribution >= 0.6 is 0 Å². The van der Waals surface area contributed by atoms with Crippen molar-refractivity contribution in [3.8, 4) is 6.07 Å². The zero-order valence-electron chi connectivity index (χ0n) is 11.5. The van der Waals surface area contributed by atoms with E-state index in [0.717, 1.165) is 43.7 Å². The first-order valence-corrected chi connectivity index (χ1v) is 6.90. The third-order valence-corrected chi connectivity index (χ3v) is 3.86. The van der Waals surface area contributed by atoms with Crippen LogP contribution in [0.1, 0.15) is 18.4 Å². The highest BCUT2D eigenvalue weighted by Crippen LogP contribution is 2.23. The molecule has 1 aliphatic rings. The molecule has 0 saturated carbocycles. The number of anilines is 1. The monoisotopic (exact) mass is 258 g/mol. The summed E-state index contributed by atoms with van der Waals surface area (Å²) in [4.78, 5) is 4.73. The molecule has 2 N–H and O–H groups in total. The molecular weight excluding hydrogens is 236 g/mol. The summed E-state index contributed by atoms with van der Waals surface area (Å²) >= 11 is 0. The molecule has 1 saturated heterocycles. The molecule has 0 aromatic heterocycles. The molecule has 1 aliphatic heterocycles. The van der Waals surface area contributed by atoms with Crippen molar-refractivity contribution < 1.29 is 0 Å². The fraction of sp³-hybridized carbons (Fsp3) is 0.533. The number of rotatable bonds is 3. The van der Waals surface area contributed by atoms with Crippen molar-refractivity contribution >= 4 is 5.69 Å². The Balaban J connectivity index is 2.21. The molecule has 1 heterocycles. The van der Waals surface area contributed by atoms with Gasteiger partial charge in [-0.15, -0.1) is 0 Å². The normalized spacial score (nSPS) is 20.9.